The van der Waals surface area contributed by atoms with Crippen molar-refractivity contribution >= 4 is 50.5 Å². The van der Waals surface area contributed by atoms with Crippen molar-refractivity contribution in [2.45, 2.75) is 12.1 Å². The average molecular weight is 607 g/mol. The maximum absolute atomic E-state index is 13.5. The number of carbonyl (C=O) groups excluding carboxylic acids is 2. The number of hydrazine groups is 1. The van der Waals surface area contributed by atoms with Crippen LogP contribution in [0.4, 0.5) is 11.8 Å². The molecule has 0 radical (unpaired) electrons. The summed E-state index contributed by atoms with van der Waals surface area (Å²) in [7, 11) is -2.23. The van der Waals surface area contributed by atoms with Crippen molar-refractivity contribution < 1.29 is 22.7 Å². The van der Waals surface area contributed by atoms with Crippen molar-refractivity contribution in [2.24, 2.45) is 10.8 Å². The van der Waals surface area contributed by atoms with Gasteiger partial charge in [0, 0.05) is 44.3 Å². The van der Waals surface area contributed by atoms with Gasteiger partial charge in [0.1, 0.15) is 12.1 Å². The standard InChI is InChI=1S/C27H30N10O5S/c1-17(2)31-16-36(28)24-22-21(20(42-3)15-30-24)19(14-29-22)23(38)25(39)34-10-12-35(13-11-34)27-32-26(43(4,40)41)33-37(27)18-8-6-5-7-9-18/h5-9,14-16,29H,1,10-13,28H2,2-4H3/b31-16-. The number of para-hydroxylation sites is 1. The molecule has 3 N–H and O–H groups in total. The van der Waals surface area contributed by atoms with Gasteiger partial charge in [0.25, 0.3) is 16.8 Å². The van der Waals surface area contributed by atoms with E-state index in [1.807, 2.05) is 23.1 Å². The number of nitrogens with one attached hydrogen (secondary N) is 1. The second-order valence-electron chi connectivity index (χ2n) is 9.81. The summed E-state index contributed by atoms with van der Waals surface area (Å²) in [5, 5.41) is 5.45. The third-order valence-corrected chi connectivity index (χ3v) is 7.55. The first-order valence-electron chi connectivity index (χ1n) is 13.1. The second kappa shape index (κ2) is 11.7. The topological polar surface area (TPSA) is 185 Å². The third-order valence-electron chi connectivity index (χ3n) is 6.71. The van der Waals surface area contributed by atoms with Gasteiger partial charge in [-0.2, -0.15) is 9.67 Å². The number of anilines is 2. The molecule has 16 heteroatoms. The number of pyridine rings is 1. The number of H-pyrrole nitrogens is 1. The van der Waals surface area contributed by atoms with E-state index in [-0.39, 0.29) is 35.4 Å². The number of piperazine rings is 1. The molecule has 1 aliphatic rings. The van der Waals surface area contributed by atoms with Crippen LogP contribution in [0.3, 0.4) is 0 Å². The van der Waals surface area contributed by atoms with E-state index in [0.717, 1.165) is 6.26 Å². The number of aliphatic imine (C=N–C) groups is 1. The van der Waals surface area contributed by atoms with Crippen LogP contribution in [0.5, 0.6) is 5.75 Å². The highest BCUT2D eigenvalue weighted by Crippen LogP contribution is 2.33. The number of nitrogens with zero attached hydrogens (tertiary/aromatic N) is 8. The zero-order valence-electron chi connectivity index (χ0n) is 23.8. The lowest BCUT2D eigenvalue weighted by Crippen LogP contribution is -2.51. The molecule has 1 amide bonds. The minimum Gasteiger partial charge on any atom is -0.494 e. The number of sulfone groups is 1. The van der Waals surface area contributed by atoms with Crippen LogP contribution >= 0.6 is 0 Å². The number of aromatic amines is 1. The fraction of sp³-hybridized carbons (Fsp3) is 0.259. The molecule has 15 nitrogen and oxygen atoms in total. The zero-order valence-corrected chi connectivity index (χ0v) is 24.6. The maximum Gasteiger partial charge on any atom is 0.295 e. The lowest BCUT2D eigenvalue weighted by molar-refractivity contribution is -0.126. The SMILES string of the molecule is C=C(C)/N=C\N(N)c1ncc(OC)c2c(C(=O)C(=O)N3CCN(c4nc(S(C)(=O)=O)nn4-c4ccccc4)CC3)c[nH]c12. The van der Waals surface area contributed by atoms with E-state index in [0.29, 0.717) is 41.3 Å². The number of hydrogen-bond donors (Lipinski definition) is 2. The van der Waals surface area contributed by atoms with Gasteiger partial charge in [-0.25, -0.2) is 29.2 Å². The molecule has 0 aliphatic carbocycles. The van der Waals surface area contributed by atoms with Gasteiger partial charge < -0.3 is 19.5 Å². The number of amides is 1. The second-order valence-corrected chi connectivity index (χ2v) is 11.7. The van der Waals surface area contributed by atoms with Crippen LogP contribution in [0.1, 0.15) is 17.3 Å². The van der Waals surface area contributed by atoms with E-state index in [4.69, 9.17) is 10.6 Å². The first-order chi connectivity index (χ1) is 20.5. The molecule has 224 valence electrons. The van der Waals surface area contributed by atoms with Crippen molar-refractivity contribution in [1.82, 2.24) is 29.6 Å². The number of aromatic nitrogens is 5. The summed E-state index contributed by atoms with van der Waals surface area (Å²) in [6.45, 7) is 6.39. The monoisotopic (exact) mass is 606 g/mol. The highest BCUT2D eigenvalue weighted by Gasteiger charge is 2.32. The van der Waals surface area contributed by atoms with Gasteiger partial charge in [0.05, 0.1) is 35.5 Å². The Bertz CT molecular complexity index is 1840. The summed E-state index contributed by atoms with van der Waals surface area (Å²) in [5.41, 5.74) is 1.66. The van der Waals surface area contributed by atoms with Crippen molar-refractivity contribution in [3.05, 3.63) is 60.6 Å². The van der Waals surface area contributed by atoms with Crippen LogP contribution in [0.25, 0.3) is 16.6 Å². The van der Waals surface area contributed by atoms with Crippen LogP contribution in [-0.2, 0) is 14.6 Å². The molecule has 0 bridgehead atoms. The smallest absolute Gasteiger partial charge is 0.295 e. The van der Waals surface area contributed by atoms with Crippen molar-refractivity contribution in [3.63, 3.8) is 0 Å². The Balaban J connectivity index is 1.38. The zero-order chi connectivity index (χ0) is 30.9. The molecule has 4 aromatic rings. The summed E-state index contributed by atoms with van der Waals surface area (Å²) >= 11 is 0. The van der Waals surface area contributed by atoms with E-state index in [1.165, 1.54) is 40.4 Å². The van der Waals surface area contributed by atoms with E-state index in [9.17, 15) is 18.0 Å². The van der Waals surface area contributed by atoms with Gasteiger partial charge in [-0.05, 0) is 19.1 Å². The summed E-state index contributed by atoms with van der Waals surface area (Å²) < 4.78 is 31.3. The summed E-state index contributed by atoms with van der Waals surface area (Å²) in [4.78, 5) is 45.9. The Hall–Kier alpha value is -5.09. The number of allylic oxidation sites excluding steroid dienone is 1. The molecule has 3 aromatic heterocycles. The fourth-order valence-electron chi connectivity index (χ4n) is 4.61. The van der Waals surface area contributed by atoms with Crippen LogP contribution in [0.15, 0.2) is 65.2 Å². The van der Waals surface area contributed by atoms with Crippen molar-refractivity contribution in [2.75, 3.05) is 49.5 Å². The number of rotatable bonds is 9. The number of methoxy groups -OCH3 is 1. The lowest BCUT2D eigenvalue weighted by Gasteiger charge is -2.34. The van der Waals surface area contributed by atoms with Crippen LogP contribution in [0.2, 0.25) is 0 Å². The number of benzene rings is 1. The predicted octanol–water partition coefficient (Wildman–Crippen LogP) is 1.33. The van der Waals surface area contributed by atoms with E-state index >= 15 is 0 Å². The quantitative estimate of drug-likeness (QED) is 0.0699. The number of Topliss-reactive ketones (excluding diaryl/α,β-unsaturated/α-hetero) is 1. The summed E-state index contributed by atoms with van der Waals surface area (Å²) in [6.07, 6.45) is 5.21. The van der Waals surface area contributed by atoms with E-state index in [1.54, 1.807) is 19.1 Å². The van der Waals surface area contributed by atoms with Gasteiger partial charge in [0.2, 0.25) is 15.8 Å². The lowest BCUT2D eigenvalue weighted by atomic mass is 10.1. The molecular formula is C27H30N10O5S. The molecular weight excluding hydrogens is 576 g/mol. The first kappa shape index (κ1) is 29.4. The number of fused-ring (bicyclic) bond motifs is 1. The number of nitrogens with two attached hydrogens (primary N) is 1. The summed E-state index contributed by atoms with van der Waals surface area (Å²) in [6, 6.07) is 9.03. The normalized spacial score (nSPS) is 14.0. The summed E-state index contributed by atoms with van der Waals surface area (Å²) in [5.74, 6) is 5.55. The first-order valence-corrected chi connectivity index (χ1v) is 15.0. The number of hydrogen-bond acceptors (Lipinski definition) is 11. The van der Waals surface area contributed by atoms with Gasteiger partial charge in [-0.1, -0.05) is 24.8 Å². The Morgan fingerprint density at radius 3 is 2.51 bits per heavy atom. The molecule has 1 saturated heterocycles. The van der Waals surface area contributed by atoms with Gasteiger partial charge in [0.15, 0.2) is 5.82 Å². The van der Waals surface area contributed by atoms with Crippen LogP contribution in [-0.4, -0.2) is 95.6 Å². The van der Waals surface area contributed by atoms with Crippen molar-refractivity contribution in [3.8, 4) is 11.4 Å². The molecule has 0 saturated carbocycles. The van der Waals surface area contributed by atoms with Crippen LogP contribution < -0.4 is 20.5 Å². The molecule has 1 aliphatic heterocycles. The Morgan fingerprint density at radius 1 is 1.19 bits per heavy atom. The fourth-order valence-corrected chi connectivity index (χ4v) is 5.09. The number of ether oxygens (including phenoxy) is 1. The van der Waals surface area contributed by atoms with Crippen LogP contribution in [0, 0.1) is 0 Å². The minimum atomic E-state index is -3.67. The molecule has 1 fully saturated rings. The molecule has 0 atom stereocenters. The largest absolute Gasteiger partial charge is 0.494 e. The number of ketones is 1. The van der Waals surface area contributed by atoms with Crippen molar-refractivity contribution in [1.29, 1.82) is 0 Å². The molecule has 4 heterocycles. The van der Waals surface area contributed by atoms with E-state index in [2.05, 4.69) is 31.6 Å². The third kappa shape index (κ3) is 5.82. The predicted molar refractivity (Wildman–Crippen MR) is 160 cm³/mol. The average Bonchev–Trinajstić information content (AvgIpc) is 3.65. The Morgan fingerprint density at radius 2 is 1.88 bits per heavy atom. The minimum absolute atomic E-state index is 0.106. The van der Waals surface area contributed by atoms with Gasteiger partial charge in [-0.15, -0.1) is 5.10 Å². The van der Waals surface area contributed by atoms with E-state index < -0.39 is 21.5 Å². The highest BCUT2D eigenvalue weighted by atomic mass is 32.2. The molecule has 0 spiro atoms. The molecule has 1 aromatic carbocycles. The van der Waals surface area contributed by atoms with Gasteiger partial charge in [-0.3, -0.25) is 9.59 Å². The Labute approximate surface area is 247 Å². The van der Waals surface area contributed by atoms with Gasteiger partial charge >= 0.3 is 0 Å². The maximum atomic E-state index is 13.5. The molecule has 43 heavy (non-hydrogen) atoms. The number of carbonyl (C=O) groups is 2. The Kier molecular flexibility index (Phi) is 7.97. The molecule has 5 rings (SSSR count). The highest BCUT2D eigenvalue weighted by molar-refractivity contribution is 7.90. The molecule has 0 unspecified atom stereocenters.